The van der Waals surface area contributed by atoms with Crippen LogP contribution in [0.2, 0.25) is 0 Å². The normalized spacial score (nSPS) is 11.6. The minimum absolute atomic E-state index is 0.0117. The maximum absolute atomic E-state index is 11.8. The number of H-pyrrole nitrogens is 1. The van der Waals surface area contributed by atoms with E-state index in [0.717, 1.165) is 11.4 Å². The predicted molar refractivity (Wildman–Crippen MR) is 71.9 cm³/mol. The number of aromatic nitrogens is 4. The maximum Gasteiger partial charge on any atom is 0.226 e. The van der Waals surface area contributed by atoms with E-state index in [-0.39, 0.29) is 17.7 Å². The maximum atomic E-state index is 11.8. The Labute approximate surface area is 117 Å². The summed E-state index contributed by atoms with van der Waals surface area (Å²) in [5.41, 5.74) is 3.03. The summed E-state index contributed by atoms with van der Waals surface area (Å²) in [6, 6.07) is 1.96. The summed E-state index contributed by atoms with van der Waals surface area (Å²) < 4.78 is 4.55. The van der Waals surface area contributed by atoms with Crippen molar-refractivity contribution in [2.75, 3.05) is 0 Å². The molecule has 0 aliphatic carbocycles. The van der Waals surface area contributed by atoms with Crippen LogP contribution < -0.4 is 5.32 Å². The van der Waals surface area contributed by atoms with Crippen molar-refractivity contribution in [2.24, 2.45) is 0 Å². The van der Waals surface area contributed by atoms with E-state index in [1.165, 1.54) is 0 Å². The van der Waals surface area contributed by atoms with E-state index in [9.17, 15) is 4.79 Å². The lowest BCUT2D eigenvalue weighted by atomic mass is 9.92. The Hall–Kier alpha value is -2.18. The predicted octanol–water partition coefficient (Wildman–Crippen LogP) is 1.26. The van der Waals surface area contributed by atoms with Crippen LogP contribution in [0.15, 0.2) is 10.7 Å². The minimum Gasteiger partial charge on any atom is -0.350 e. The van der Waals surface area contributed by atoms with Crippen molar-refractivity contribution >= 4 is 5.91 Å². The Morgan fingerprint density at radius 3 is 2.70 bits per heavy atom. The van der Waals surface area contributed by atoms with E-state index in [0.29, 0.717) is 17.9 Å². The number of rotatable bonds is 4. The first-order valence-corrected chi connectivity index (χ1v) is 6.46. The van der Waals surface area contributed by atoms with Gasteiger partial charge in [-0.1, -0.05) is 31.1 Å². The van der Waals surface area contributed by atoms with Gasteiger partial charge in [-0.05, 0) is 13.0 Å². The van der Waals surface area contributed by atoms with Gasteiger partial charge in [-0.15, -0.1) is 0 Å². The SMILES string of the molecule is Cc1nonc1CC(=O)NCc1cc(C(C)(C)C)n[nH]1. The lowest BCUT2D eigenvalue weighted by Gasteiger charge is -2.13. The molecule has 7 nitrogen and oxygen atoms in total. The zero-order chi connectivity index (χ0) is 14.8. The van der Waals surface area contributed by atoms with Crippen molar-refractivity contribution in [1.29, 1.82) is 0 Å². The van der Waals surface area contributed by atoms with Gasteiger partial charge in [-0.3, -0.25) is 9.89 Å². The van der Waals surface area contributed by atoms with E-state index in [4.69, 9.17) is 0 Å². The molecular formula is C13H19N5O2. The van der Waals surface area contributed by atoms with Crippen molar-refractivity contribution in [3.8, 4) is 0 Å². The Morgan fingerprint density at radius 2 is 2.15 bits per heavy atom. The second-order valence-electron chi connectivity index (χ2n) is 5.78. The fourth-order valence-electron chi connectivity index (χ4n) is 1.65. The third kappa shape index (κ3) is 3.43. The molecule has 0 spiro atoms. The third-order valence-electron chi connectivity index (χ3n) is 2.95. The largest absolute Gasteiger partial charge is 0.350 e. The summed E-state index contributed by atoms with van der Waals surface area (Å²) in [6.45, 7) is 8.43. The topological polar surface area (TPSA) is 96.7 Å². The van der Waals surface area contributed by atoms with Crippen LogP contribution in [0.5, 0.6) is 0 Å². The zero-order valence-corrected chi connectivity index (χ0v) is 12.1. The van der Waals surface area contributed by atoms with Crippen LogP contribution in [0.25, 0.3) is 0 Å². The summed E-state index contributed by atoms with van der Waals surface area (Å²) >= 11 is 0. The van der Waals surface area contributed by atoms with Gasteiger partial charge < -0.3 is 5.32 Å². The van der Waals surface area contributed by atoms with Gasteiger partial charge in [-0.25, -0.2) is 4.63 Å². The lowest BCUT2D eigenvalue weighted by molar-refractivity contribution is -0.120. The first kappa shape index (κ1) is 14.2. The number of aromatic amines is 1. The van der Waals surface area contributed by atoms with E-state index in [2.05, 4.69) is 51.2 Å². The fraction of sp³-hybridized carbons (Fsp3) is 0.538. The molecule has 0 aliphatic rings. The molecule has 0 atom stereocenters. The number of nitrogens with one attached hydrogen (secondary N) is 2. The summed E-state index contributed by atoms with van der Waals surface area (Å²) in [5.74, 6) is -0.129. The highest BCUT2D eigenvalue weighted by molar-refractivity contribution is 5.78. The Bertz CT molecular complexity index is 594. The van der Waals surface area contributed by atoms with Gasteiger partial charge in [0.1, 0.15) is 11.4 Å². The fourth-order valence-corrected chi connectivity index (χ4v) is 1.65. The number of hydrogen-bond acceptors (Lipinski definition) is 5. The van der Waals surface area contributed by atoms with Gasteiger partial charge in [0.05, 0.1) is 24.4 Å². The molecule has 2 aromatic heterocycles. The molecule has 0 bridgehead atoms. The molecule has 1 amide bonds. The number of amides is 1. The second-order valence-corrected chi connectivity index (χ2v) is 5.78. The molecule has 0 fully saturated rings. The van der Waals surface area contributed by atoms with Crippen LogP contribution in [0.3, 0.4) is 0 Å². The van der Waals surface area contributed by atoms with Crippen LogP contribution in [0.1, 0.15) is 43.5 Å². The number of aryl methyl sites for hydroxylation is 1. The highest BCUT2D eigenvalue weighted by Crippen LogP contribution is 2.20. The molecule has 0 aromatic carbocycles. The van der Waals surface area contributed by atoms with Crippen molar-refractivity contribution in [2.45, 2.75) is 46.1 Å². The third-order valence-corrected chi connectivity index (χ3v) is 2.95. The van der Waals surface area contributed by atoms with Gasteiger partial charge in [-0.2, -0.15) is 5.10 Å². The van der Waals surface area contributed by atoms with Gasteiger partial charge >= 0.3 is 0 Å². The first-order valence-electron chi connectivity index (χ1n) is 6.46. The molecule has 7 heteroatoms. The minimum atomic E-state index is -0.129. The molecular weight excluding hydrogens is 258 g/mol. The van der Waals surface area contributed by atoms with Crippen molar-refractivity contribution in [1.82, 2.24) is 25.8 Å². The molecule has 0 saturated carbocycles. The van der Waals surface area contributed by atoms with Crippen molar-refractivity contribution in [3.63, 3.8) is 0 Å². The van der Waals surface area contributed by atoms with Crippen molar-refractivity contribution < 1.29 is 9.42 Å². The van der Waals surface area contributed by atoms with Crippen LogP contribution in [-0.2, 0) is 23.2 Å². The molecule has 2 aromatic rings. The van der Waals surface area contributed by atoms with Crippen molar-refractivity contribution in [3.05, 3.63) is 28.8 Å². The molecule has 108 valence electrons. The second kappa shape index (κ2) is 5.44. The number of nitrogens with zero attached hydrogens (tertiary/aromatic N) is 3. The highest BCUT2D eigenvalue weighted by atomic mass is 16.6. The Morgan fingerprint density at radius 1 is 1.40 bits per heavy atom. The van der Waals surface area contributed by atoms with Crippen LogP contribution in [0, 0.1) is 6.92 Å². The molecule has 0 unspecified atom stereocenters. The molecule has 0 saturated heterocycles. The van der Waals surface area contributed by atoms with Gasteiger partial charge in [0.2, 0.25) is 5.91 Å². The molecule has 2 N–H and O–H groups in total. The van der Waals surface area contributed by atoms with Crippen LogP contribution in [-0.4, -0.2) is 26.4 Å². The smallest absolute Gasteiger partial charge is 0.226 e. The monoisotopic (exact) mass is 277 g/mol. The standard InChI is InChI=1S/C13H19N5O2/c1-8-10(18-20-17-8)6-12(19)14-7-9-5-11(16-15-9)13(2,3)4/h5H,6-7H2,1-4H3,(H,14,19)(H,15,16). The summed E-state index contributed by atoms with van der Waals surface area (Å²) in [6.07, 6.45) is 0.162. The lowest BCUT2D eigenvalue weighted by Crippen LogP contribution is -2.25. The highest BCUT2D eigenvalue weighted by Gasteiger charge is 2.17. The number of carbonyl (C=O) groups excluding carboxylic acids is 1. The van der Waals surface area contributed by atoms with Gasteiger partial charge in [0.15, 0.2) is 0 Å². The number of hydrogen-bond donors (Lipinski definition) is 2. The summed E-state index contributed by atoms with van der Waals surface area (Å²) in [7, 11) is 0. The van der Waals surface area contributed by atoms with E-state index in [1.54, 1.807) is 6.92 Å². The molecule has 0 radical (unpaired) electrons. The zero-order valence-electron chi connectivity index (χ0n) is 12.1. The summed E-state index contributed by atoms with van der Waals surface area (Å²) in [4.78, 5) is 11.8. The molecule has 0 aliphatic heterocycles. The van der Waals surface area contributed by atoms with Crippen LogP contribution >= 0.6 is 0 Å². The average molecular weight is 277 g/mol. The van der Waals surface area contributed by atoms with E-state index in [1.807, 2.05) is 6.07 Å². The van der Waals surface area contributed by atoms with Gasteiger partial charge in [0.25, 0.3) is 0 Å². The number of carbonyl (C=O) groups is 1. The summed E-state index contributed by atoms with van der Waals surface area (Å²) in [5, 5.41) is 17.3. The molecule has 20 heavy (non-hydrogen) atoms. The average Bonchev–Trinajstić information content (AvgIpc) is 2.96. The van der Waals surface area contributed by atoms with Crippen LogP contribution in [0.4, 0.5) is 0 Å². The van der Waals surface area contributed by atoms with Gasteiger partial charge in [0, 0.05) is 5.41 Å². The van der Waals surface area contributed by atoms with E-state index < -0.39 is 0 Å². The first-order chi connectivity index (χ1) is 9.36. The molecule has 2 rings (SSSR count). The molecule has 2 heterocycles. The Balaban J connectivity index is 1.88. The Kier molecular flexibility index (Phi) is 3.87. The quantitative estimate of drug-likeness (QED) is 0.876. The van der Waals surface area contributed by atoms with E-state index >= 15 is 0 Å².